The summed E-state index contributed by atoms with van der Waals surface area (Å²) < 4.78 is 15.6. The Kier molecular flexibility index (Phi) is 35.2. The molecule has 0 aromatic heterocycles. The number of carbonyl (C=O) groups excluding carboxylic acids is 1. The third-order valence-electron chi connectivity index (χ3n) is 8.15. The number of carbonyl (C=O) groups is 1. The van der Waals surface area contributed by atoms with Crippen molar-refractivity contribution < 1.29 is 28.8 Å². The number of allylic oxidation sites excluding steroid dienone is 3. The van der Waals surface area contributed by atoms with Crippen molar-refractivity contribution in [1.29, 1.82) is 0 Å². The fourth-order valence-electron chi connectivity index (χ4n) is 5.33. The van der Waals surface area contributed by atoms with Crippen LogP contribution in [-0.4, -0.2) is 34.7 Å². The number of phosphoric ester groups is 1. The van der Waals surface area contributed by atoms with Crippen LogP contribution in [0.25, 0.3) is 0 Å². The molecule has 268 valence electrons. The Morgan fingerprint density at radius 2 is 1.07 bits per heavy atom. The first-order valence-corrected chi connectivity index (χ1v) is 19.8. The van der Waals surface area contributed by atoms with Crippen molar-refractivity contribution in [1.82, 2.24) is 11.5 Å². The largest absolute Gasteiger partial charge is 0.756 e. The molecule has 0 aliphatic carbocycles. The highest BCUT2D eigenvalue weighted by molar-refractivity contribution is 7.44. The van der Waals surface area contributed by atoms with Crippen LogP contribution in [0.5, 0.6) is 0 Å². The lowest BCUT2D eigenvalue weighted by Gasteiger charge is -2.25. The first-order chi connectivity index (χ1) is 21.3. The number of nitrogens with one attached hydrogen (secondary N) is 1. The lowest BCUT2D eigenvalue weighted by molar-refractivity contribution is -0.220. The average Bonchev–Trinajstić information content (AvgIpc) is 2.99. The third-order valence-corrected chi connectivity index (χ3v) is 8.62. The van der Waals surface area contributed by atoms with E-state index in [0.29, 0.717) is 6.42 Å². The smallest absolute Gasteiger partial charge is 0.265 e. The number of aliphatic hydroxyl groups is 1. The van der Waals surface area contributed by atoms with Gasteiger partial charge in [-0.15, -0.1) is 0 Å². The molecule has 0 aromatic rings. The van der Waals surface area contributed by atoms with Crippen molar-refractivity contribution in [3.63, 3.8) is 0 Å². The van der Waals surface area contributed by atoms with Gasteiger partial charge in [0.2, 0.25) is 5.91 Å². The van der Waals surface area contributed by atoms with Crippen LogP contribution in [0.4, 0.5) is 0 Å². The standard InChI is InChI=1S/C36H70NO6P.H3N/c1-3-5-7-9-11-13-15-17-18-20-22-24-26-28-30-32-36(39)37-34(33-43-44(40,41)42)35(38)31-29-27-25-23-21-19-16-14-12-10-8-6-4-2;/h17-18,29,31,34-35,38H,3-16,19-28,30,32-33H2,1-2H3,(H,37,39)(H2,40,41,42);1H3/b18-17?,31-29+;/t34-,35+;/m0./s1. The van der Waals surface area contributed by atoms with E-state index >= 15 is 0 Å². The number of hydrogen-bond acceptors (Lipinski definition) is 5. The molecule has 8 nitrogen and oxygen atoms in total. The van der Waals surface area contributed by atoms with Crippen molar-refractivity contribution in [2.75, 3.05) is 6.61 Å². The third kappa shape index (κ3) is 35.7. The molecular formula is C36H73N2O6P. The number of rotatable bonds is 33. The summed E-state index contributed by atoms with van der Waals surface area (Å²) in [6.07, 6.45) is 37.4. The van der Waals surface area contributed by atoms with E-state index in [1.54, 1.807) is 6.08 Å². The zero-order valence-corrected chi connectivity index (χ0v) is 30.4. The first-order valence-electron chi connectivity index (χ1n) is 18.3. The number of aliphatic hydroxyl groups excluding tert-OH is 1. The van der Waals surface area contributed by atoms with E-state index < -0.39 is 26.6 Å². The highest BCUT2D eigenvalue weighted by atomic mass is 31.2. The van der Waals surface area contributed by atoms with Gasteiger partial charge in [0.05, 0.1) is 18.8 Å². The summed E-state index contributed by atoms with van der Waals surface area (Å²) in [5.74, 6) is -0.257. The molecule has 0 saturated carbocycles. The fourth-order valence-corrected chi connectivity index (χ4v) is 5.68. The van der Waals surface area contributed by atoms with E-state index in [4.69, 9.17) is 4.89 Å². The summed E-state index contributed by atoms with van der Waals surface area (Å²) in [5.41, 5.74) is 0. The van der Waals surface area contributed by atoms with E-state index in [0.717, 1.165) is 57.8 Å². The molecule has 0 aliphatic rings. The van der Waals surface area contributed by atoms with Crippen LogP contribution in [0.2, 0.25) is 0 Å². The zero-order chi connectivity index (χ0) is 32.6. The summed E-state index contributed by atoms with van der Waals surface area (Å²) in [4.78, 5) is 32.6. The maximum absolute atomic E-state index is 12.5. The Morgan fingerprint density at radius 1 is 0.689 bits per heavy atom. The molecule has 0 radical (unpaired) electrons. The Labute approximate surface area is 277 Å². The number of unbranched alkanes of at least 4 members (excludes halogenated alkanes) is 22. The van der Waals surface area contributed by atoms with Gasteiger partial charge in [-0.05, 0) is 44.9 Å². The van der Waals surface area contributed by atoms with Crippen molar-refractivity contribution in [3.8, 4) is 0 Å². The monoisotopic (exact) mass is 661 g/mol. The maximum Gasteiger partial charge on any atom is 0.265 e. The van der Waals surface area contributed by atoms with Gasteiger partial charge in [-0.3, -0.25) is 9.36 Å². The van der Waals surface area contributed by atoms with Gasteiger partial charge in [0.15, 0.2) is 0 Å². The number of hydrogen-bond donors (Lipinski definition) is 4. The molecule has 1 unspecified atom stereocenters. The predicted octanol–water partition coefficient (Wildman–Crippen LogP) is 9.98. The summed E-state index contributed by atoms with van der Waals surface area (Å²) in [6, 6.07) is -0.950. The predicted molar refractivity (Wildman–Crippen MR) is 189 cm³/mol. The van der Waals surface area contributed by atoms with E-state index in [9.17, 15) is 19.4 Å². The van der Waals surface area contributed by atoms with Gasteiger partial charge < -0.3 is 30.9 Å². The van der Waals surface area contributed by atoms with E-state index in [2.05, 4.69) is 35.8 Å². The normalized spacial score (nSPS) is 14.4. The molecule has 0 aliphatic heterocycles. The second-order valence-electron chi connectivity index (χ2n) is 12.5. The molecule has 45 heavy (non-hydrogen) atoms. The quantitative estimate of drug-likeness (QED) is 0.0312. The van der Waals surface area contributed by atoms with Gasteiger partial charge in [-0.2, -0.15) is 0 Å². The number of amides is 1. The minimum Gasteiger partial charge on any atom is -0.756 e. The van der Waals surface area contributed by atoms with Crippen molar-refractivity contribution >= 4 is 13.7 Å². The molecule has 0 aromatic carbocycles. The lowest BCUT2D eigenvalue weighted by Crippen LogP contribution is -2.45. The van der Waals surface area contributed by atoms with Gasteiger partial charge >= 0.3 is 0 Å². The van der Waals surface area contributed by atoms with Gasteiger partial charge in [-0.1, -0.05) is 154 Å². The topological polar surface area (TPSA) is 155 Å². The summed E-state index contributed by atoms with van der Waals surface area (Å²) in [7, 11) is -4.96. The van der Waals surface area contributed by atoms with Crippen molar-refractivity contribution in [2.45, 2.75) is 193 Å². The number of quaternary nitrogens is 1. The van der Waals surface area contributed by atoms with Crippen molar-refractivity contribution in [2.24, 2.45) is 0 Å². The Morgan fingerprint density at radius 3 is 1.49 bits per heavy atom. The molecule has 9 heteroatoms. The summed E-state index contributed by atoms with van der Waals surface area (Å²) in [5, 5.41) is 13.3. The van der Waals surface area contributed by atoms with Crippen molar-refractivity contribution in [3.05, 3.63) is 24.3 Å². The van der Waals surface area contributed by atoms with E-state index in [1.165, 1.54) is 103 Å². The van der Waals surface area contributed by atoms with E-state index in [-0.39, 0.29) is 12.1 Å². The lowest BCUT2D eigenvalue weighted by atomic mass is 10.0. The van der Waals surface area contributed by atoms with Crippen LogP contribution in [0.1, 0.15) is 181 Å². The van der Waals surface area contributed by atoms with Crippen LogP contribution < -0.4 is 16.4 Å². The summed E-state index contributed by atoms with van der Waals surface area (Å²) in [6.45, 7) is 3.97. The molecule has 1 amide bonds. The molecule has 0 fully saturated rings. The fraction of sp³-hybridized carbons (Fsp3) is 0.861. The Hall–Kier alpha value is -1.02. The molecule has 0 rings (SSSR count). The minimum absolute atomic E-state index is 0. The molecule has 7 N–H and O–H groups in total. The van der Waals surface area contributed by atoms with Gasteiger partial charge in [0.1, 0.15) is 0 Å². The van der Waals surface area contributed by atoms with Gasteiger partial charge in [-0.25, -0.2) is 0 Å². The van der Waals surface area contributed by atoms with Crippen LogP contribution in [0, 0.1) is 0 Å². The van der Waals surface area contributed by atoms with Crippen LogP contribution in [0.15, 0.2) is 24.3 Å². The van der Waals surface area contributed by atoms with Crippen LogP contribution >= 0.6 is 7.82 Å². The molecule has 0 spiro atoms. The highest BCUT2D eigenvalue weighted by Gasteiger charge is 2.21. The van der Waals surface area contributed by atoms with Crippen LogP contribution in [-0.2, 0) is 13.9 Å². The molecule has 0 heterocycles. The second kappa shape index (κ2) is 34.3. The van der Waals surface area contributed by atoms with Crippen LogP contribution in [0.3, 0.4) is 0 Å². The zero-order valence-electron chi connectivity index (χ0n) is 29.5. The SMILES string of the molecule is CCCCCCCCC=CCCCCCCCC(=O)N[C@@H](COP(=O)([O-])O)[C@H](O)/C=C/CCCCCCCCCCCCC.[NH4+]. The maximum atomic E-state index is 12.5. The Bertz CT molecular complexity index is 743. The highest BCUT2D eigenvalue weighted by Crippen LogP contribution is 2.30. The minimum atomic E-state index is -4.96. The summed E-state index contributed by atoms with van der Waals surface area (Å²) >= 11 is 0. The molecular weight excluding hydrogens is 587 g/mol. The Balaban J connectivity index is 0. The van der Waals surface area contributed by atoms with Gasteiger partial charge in [0, 0.05) is 6.42 Å². The molecule has 3 atom stereocenters. The van der Waals surface area contributed by atoms with Gasteiger partial charge in [0.25, 0.3) is 7.82 Å². The second-order valence-corrected chi connectivity index (χ2v) is 13.7. The first kappa shape index (κ1) is 46.1. The number of phosphoric acid groups is 1. The molecule has 0 bridgehead atoms. The van der Waals surface area contributed by atoms with E-state index in [1.807, 2.05) is 6.08 Å². The average molecular weight is 661 g/mol. The molecule has 0 saturated heterocycles.